The Balaban J connectivity index is 1.99. The van der Waals surface area contributed by atoms with Gasteiger partial charge in [0.2, 0.25) is 10.0 Å². The SMILES string of the molecule is CS(=O)(=O)N(c1ccc2sccc2c1)[C@H](CCc1ccccc1)C(=O)NO. The number of nitrogens with one attached hydrogen (secondary N) is 1. The maximum atomic E-state index is 12.5. The van der Waals surface area contributed by atoms with Gasteiger partial charge in [-0.25, -0.2) is 13.9 Å². The van der Waals surface area contributed by atoms with Crippen LogP contribution in [0.15, 0.2) is 60.0 Å². The molecule has 0 unspecified atom stereocenters. The fourth-order valence-corrected chi connectivity index (χ4v) is 5.00. The standard InChI is InChI=1S/C19H20N2O4S2/c1-27(24,25)21(16-8-10-18-15(13-16)11-12-26-18)17(19(22)20-23)9-7-14-5-3-2-4-6-14/h2-6,8,10-13,17,23H,7,9H2,1H3,(H,20,22)/t17-/m1/s1. The molecule has 1 atom stereocenters. The van der Waals surface area contributed by atoms with Gasteiger partial charge in [0.25, 0.3) is 5.91 Å². The number of hydrogen-bond acceptors (Lipinski definition) is 5. The summed E-state index contributed by atoms with van der Waals surface area (Å²) in [5.74, 6) is -0.762. The molecule has 0 radical (unpaired) electrons. The van der Waals surface area contributed by atoms with Gasteiger partial charge < -0.3 is 0 Å². The summed E-state index contributed by atoms with van der Waals surface area (Å²) in [7, 11) is -3.76. The summed E-state index contributed by atoms with van der Waals surface area (Å²) in [4.78, 5) is 12.3. The minimum atomic E-state index is -3.76. The van der Waals surface area contributed by atoms with Gasteiger partial charge in [-0.2, -0.15) is 0 Å². The lowest BCUT2D eigenvalue weighted by atomic mass is 10.0. The molecule has 2 N–H and O–H groups in total. The molecule has 0 spiro atoms. The summed E-state index contributed by atoms with van der Waals surface area (Å²) in [6.45, 7) is 0. The summed E-state index contributed by atoms with van der Waals surface area (Å²) >= 11 is 1.55. The molecule has 27 heavy (non-hydrogen) atoms. The molecule has 8 heteroatoms. The topological polar surface area (TPSA) is 86.7 Å². The predicted octanol–water partition coefficient (Wildman–Crippen LogP) is 3.17. The first-order valence-electron chi connectivity index (χ1n) is 8.34. The van der Waals surface area contributed by atoms with E-state index in [4.69, 9.17) is 0 Å². The van der Waals surface area contributed by atoms with E-state index in [1.54, 1.807) is 28.9 Å². The second kappa shape index (κ2) is 8.08. The van der Waals surface area contributed by atoms with Gasteiger partial charge in [-0.15, -0.1) is 11.3 Å². The Morgan fingerprint density at radius 2 is 1.93 bits per heavy atom. The summed E-state index contributed by atoms with van der Waals surface area (Å²) in [5.41, 5.74) is 2.99. The van der Waals surface area contributed by atoms with Gasteiger partial charge in [-0.3, -0.25) is 14.3 Å². The molecule has 1 amide bonds. The molecule has 0 aliphatic carbocycles. The molecule has 0 aliphatic heterocycles. The highest BCUT2D eigenvalue weighted by atomic mass is 32.2. The van der Waals surface area contributed by atoms with Gasteiger partial charge in [0.15, 0.2) is 0 Å². The Hall–Kier alpha value is -2.42. The fraction of sp³-hybridized carbons (Fsp3) is 0.211. The molecule has 3 aromatic rings. The highest BCUT2D eigenvalue weighted by Crippen LogP contribution is 2.29. The molecule has 0 fully saturated rings. The lowest BCUT2D eigenvalue weighted by Crippen LogP contribution is -2.49. The number of thiophene rings is 1. The maximum Gasteiger partial charge on any atom is 0.267 e. The molecule has 0 saturated heterocycles. The fourth-order valence-electron chi connectivity index (χ4n) is 3.07. The number of rotatable bonds is 7. The summed E-state index contributed by atoms with van der Waals surface area (Å²) < 4.78 is 27.2. The van der Waals surface area contributed by atoms with E-state index >= 15 is 0 Å². The van der Waals surface area contributed by atoms with E-state index in [0.29, 0.717) is 12.1 Å². The van der Waals surface area contributed by atoms with E-state index in [0.717, 1.165) is 26.2 Å². The van der Waals surface area contributed by atoms with E-state index < -0.39 is 22.0 Å². The number of hydrogen-bond donors (Lipinski definition) is 2. The summed E-state index contributed by atoms with van der Waals surface area (Å²) in [5, 5.41) is 12.0. The maximum absolute atomic E-state index is 12.5. The van der Waals surface area contributed by atoms with E-state index in [9.17, 15) is 18.4 Å². The quantitative estimate of drug-likeness (QED) is 0.468. The van der Waals surface area contributed by atoms with Crippen LogP contribution in [0.2, 0.25) is 0 Å². The van der Waals surface area contributed by atoms with E-state index in [-0.39, 0.29) is 6.42 Å². The zero-order valence-corrected chi connectivity index (χ0v) is 16.3. The summed E-state index contributed by atoms with van der Waals surface area (Å²) in [6, 6.07) is 15.6. The van der Waals surface area contributed by atoms with Gasteiger partial charge >= 0.3 is 0 Å². The zero-order chi connectivity index (χ0) is 19.4. The molecule has 142 valence electrons. The first-order valence-corrected chi connectivity index (χ1v) is 11.1. The van der Waals surface area contributed by atoms with Crippen molar-refractivity contribution in [3.63, 3.8) is 0 Å². The second-order valence-corrected chi connectivity index (χ2v) is 9.02. The third-order valence-corrected chi connectivity index (χ3v) is 6.37. The number of amides is 1. The number of benzene rings is 2. The van der Waals surface area contributed by atoms with Crippen LogP contribution >= 0.6 is 11.3 Å². The lowest BCUT2D eigenvalue weighted by Gasteiger charge is -2.30. The number of nitrogens with zero attached hydrogens (tertiary/aromatic N) is 1. The highest BCUT2D eigenvalue weighted by Gasteiger charge is 2.32. The average Bonchev–Trinajstić information content (AvgIpc) is 3.12. The van der Waals surface area contributed by atoms with Crippen LogP contribution in [0.3, 0.4) is 0 Å². The molecule has 2 aromatic carbocycles. The van der Waals surface area contributed by atoms with Crippen molar-refractivity contribution in [2.24, 2.45) is 0 Å². The van der Waals surface area contributed by atoms with Crippen LogP contribution in [0.25, 0.3) is 10.1 Å². The van der Waals surface area contributed by atoms with E-state index in [2.05, 4.69) is 0 Å². The molecule has 0 bridgehead atoms. The van der Waals surface area contributed by atoms with Crippen molar-refractivity contribution in [2.75, 3.05) is 10.6 Å². The van der Waals surface area contributed by atoms with Crippen molar-refractivity contribution in [1.29, 1.82) is 0 Å². The minimum absolute atomic E-state index is 0.227. The highest BCUT2D eigenvalue weighted by molar-refractivity contribution is 7.92. The van der Waals surface area contributed by atoms with Crippen LogP contribution in [0.5, 0.6) is 0 Å². The van der Waals surface area contributed by atoms with Crippen molar-refractivity contribution < 1.29 is 18.4 Å². The first kappa shape index (κ1) is 19.3. The Morgan fingerprint density at radius 1 is 1.19 bits per heavy atom. The van der Waals surface area contributed by atoms with Gasteiger partial charge in [0.1, 0.15) is 6.04 Å². The van der Waals surface area contributed by atoms with Crippen LogP contribution in [0.4, 0.5) is 5.69 Å². The molecule has 1 aromatic heterocycles. The van der Waals surface area contributed by atoms with Crippen molar-refractivity contribution in [3.05, 3.63) is 65.5 Å². The van der Waals surface area contributed by atoms with Gasteiger partial charge in [-0.05, 0) is 53.4 Å². The average molecular weight is 405 g/mol. The Bertz CT molecular complexity index is 1030. The number of aryl methyl sites for hydroxylation is 1. The Labute approximate surface area is 162 Å². The van der Waals surface area contributed by atoms with Crippen molar-refractivity contribution in [1.82, 2.24) is 5.48 Å². The van der Waals surface area contributed by atoms with Crippen LogP contribution in [0, 0.1) is 0 Å². The van der Waals surface area contributed by atoms with E-state index in [1.165, 1.54) is 0 Å². The van der Waals surface area contributed by atoms with E-state index in [1.807, 2.05) is 47.8 Å². The molecular weight excluding hydrogens is 384 g/mol. The van der Waals surface area contributed by atoms with Crippen LogP contribution < -0.4 is 9.79 Å². The number of carbonyl (C=O) groups is 1. The molecular formula is C19H20N2O4S2. The molecule has 1 heterocycles. The predicted molar refractivity (Wildman–Crippen MR) is 108 cm³/mol. The Morgan fingerprint density at radius 3 is 2.59 bits per heavy atom. The van der Waals surface area contributed by atoms with Crippen LogP contribution in [0.1, 0.15) is 12.0 Å². The van der Waals surface area contributed by atoms with Crippen molar-refractivity contribution in [2.45, 2.75) is 18.9 Å². The van der Waals surface area contributed by atoms with Gasteiger partial charge in [-0.1, -0.05) is 30.3 Å². The number of hydroxylamine groups is 1. The number of fused-ring (bicyclic) bond motifs is 1. The molecule has 0 saturated carbocycles. The van der Waals surface area contributed by atoms with Crippen molar-refractivity contribution >= 4 is 43.0 Å². The smallest absolute Gasteiger partial charge is 0.267 e. The van der Waals surface area contributed by atoms with Crippen LogP contribution in [-0.2, 0) is 21.2 Å². The monoisotopic (exact) mass is 404 g/mol. The van der Waals surface area contributed by atoms with Crippen molar-refractivity contribution in [3.8, 4) is 0 Å². The molecule has 3 rings (SSSR count). The minimum Gasteiger partial charge on any atom is -0.289 e. The zero-order valence-electron chi connectivity index (χ0n) is 14.7. The third-order valence-electron chi connectivity index (χ3n) is 4.29. The normalized spacial score (nSPS) is 12.7. The number of carbonyl (C=O) groups excluding carboxylic acids is 1. The number of anilines is 1. The lowest BCUT2D eigenvalue weighted by molar-refractivity contribution is -0.130. The first-order chi connectivity index (χ1) is 12.9. The second-order valence-electron chi connectivity index (χ2n) is 6.22. The van der Waals surface area contributed by atoms with Gasteiger partial charge in [0.05, 0.1) is 11.9 Å². The third kappa shape index (κ3) is 4.47. The molecule has 6 nitrogen and oxygen atoms in total. The summed E-state index contributed by atoms with van der Waals surface area (Å²) in [6.07, 6.45) is 1.78. The largest absolute Gasteiger partial charge is 0.289 e. The van der Waals surface area contributed by atoms with Crippen LogP contribution in [-0.4, -0.2) is 31.8 Å². The Kier molecular flexibility index (Phi) is 5.79. The molecule has 0 aliphatic rings. The van der Waals surface area contributed by atoms with Gasteiger partial charge in [0, 0.05) is 4.70 Å². The number of sulfonamides is 1.